The predicted molar refractivity (Wildman–Crippen MR) is 32.8 cm³/mol. The van der Waals surface area contributed by atoms with Gasteiger partial charge >= 0.3 is 37.8 Å². The van der Waals surface area contributed by atoms with Crippen molar-refractivity contribution >= 4 is 8.25 Å². The van der Waals surface area contributed by atoms with Gasteiger partial charge in [0.15, 0.2) is 0 Å². The third kappa shape index (κ3) is 11.7. The Morgan fingerprint density at radius 1 is 1.20 bits per heavy atom. The maximum Gasteiger partial charge on any atom is 1.00 e. The maximum absolute atomic E-state index is 10.3. The molecule has 0 unspecified atom stereocenters. The van der Waals surface area contributed by atoms with Crippen molar-refractivity contribution in [2.24, 2.45) is 0 Å². The summed E-state index contributed by atoms with van der Waals surface area (Å²) in [5.41, 5.74) is 0. The molecule has 0 aromatic carbocycles. The van der Waals surface area contributed by atoms with Crippen LogP contribution >= 0.6 is 8.25 Å². The van der Waals surface area contributed by atoms with E-state index in [1.807, 2.05) is 0 Å². The Bertz CT molecular complexity index is 71.7. The van der Waals surface area contributed by atoms with Crippen LogP contribution in [0.5, 0.6) is 0 Å². The van der Waals surface area contributed by atoms with Gasteiger partial charge < -0.3 is 5.48 Å². The summed E-state index contributed by atoms with van der Waals surface area (Å²) in [5, 5.41) is 0. The summed E-state index contributed by atoms with van der Waals surface area (Å²) in [6.45, 7) is 4.42. The van der Waals surface area contributed by atoms with Crippen LogP contribution in [0.3, 0.4) is 0 Å². The van der Waals surface area contributed by atoms with Gasteiger partial charge in [0, 0.05) is 4.57 Å². The first-order chi connectivity index (χ1) is 3.81. The SMILES string of the molecule is CCO[P+](=O)OCC.[Na+].[OH-]. The average molecular weight is 177 g/mol. The van der Waals surface area contributed by atoms with Crippen molar-refractivity contribution in [2.75, 3.05) is 13.2 Å². The molecule has 0 atom stereocenters. The minimum atomic E-state index is -1.83. The first-order valence-electron chi connectivity index (χ1n) is 2.54. The molecule has 0 saturated heterocycles. The predicted octanol–water partition coefficient (Wildman–Crippen LogP) is -1.46. The molecule has 56 valence electrons. The Balaban J connectivity index is -0.000000245. The molecule has 0 bridgehead atoms. The van der Waals surface area contributed by atoms with Crippen molar-refractivity contribution in [2.45, 2.75) is 13.8 Å². The van der Waals surface area contributed by atoms with E-state index < -0.39 is 8.25 Å². The Morgan fingerprint density at radius 2 is 1.50 bits per heavy atom. The third-order valence-electron chi connectivity index (χ3n) is 0.469. The zero-order valence-electron chi connectivity index (χ0n) is 6.53. The molecule has 0 heterocycles. The Morgan fingerprint density at radius 3 is 1.70 bits per heavy atom. The first-order valence-corrected chi connectivity index (χ1v) is 3.63. The van der Waals surface area contributed by atoms with Crippen LogP contribution in [0.4, 0.5) is 0 Å². The van der Waals surface area contributed by atoms with E-state index in [2.05, 4.69) is 9.05 Å². The van der Waals surface area contributed by atoms with Gasteiger partial charge in [0.1, 0.15) is 13.2 Å². The van der Waals surface area contributed by atoms with Gasteiger partial charge in [0.25, 0.3) is 0 Å². The fourth-order valence-electron chi connectivity index (χ4n) is 0.248. The number of rotatable bonds is 4. The van der Waals surface area contributed by atoms with Crippen LogP contribution in [-0.4, -0.2) is 18.7 Å². The van der Waals surface area contributed by atoms with Gasteiger partial charge in [-0.1, -0.05) is 0 Å². The zero-order chi connectivity index (χ0) is 6.41. The molecule has 0 radical (unpaired) electrons. The molecule has 0 amide bonds. The second kappa shape index (κ2) is 12.6. The standard InChI is InChI=1S/C4H10O3P.Na.H2O/c1-3-6-8(5)7-4-2;;/h3-4H2,1-2H3;;1H2/q2*+1;/p-1. The van der Waals surface area contributed by atoms with E-state index in [1.54, 1.807) is 13.8 Å². The van der Waals surface area contributed by atoms with Gasteiger partial charge in [-0.2, -0.15) is 0 Å². The summed E-state index contributed by atoms with van der Waals surface area (Å²) in [5.74, 6) is 0. The van der Waals surface area contributed by atoms with Gasteiger partial charge in [-0.3, -0.25) is 0 Å². The molecule has 0 spiro atoms. The van der Waals surface area contributed by atoms with E-state index in [0.717, 1.165) is 0 Å². The third-order valence-corrected chi connectivity index (χ3v) is 1.41. The molecule has 10 heavy (non-hydrogen) atoms. The zero-order valence-corrected chi connectivity index (χ0v) is 9.43. The van der Waals surface area contributed by atoms with Gasteiger partial charge in [-0.25, -0.2) is 0 Å². The molecule has 0 aliphatic carbocycles. The van der Waals surface area contributed by atoms with Crippen LogP contribution in [0.25, 0.3) is 0 Å². The molecular weight excluding hydrogens is 166 g/mol. The minimum absolute atomic E-state index is 0. The first kappa shape index (κ1) is 17.2. The van der Waals surface area contributed by atoms with E-state index in [0.29, 0.717) is 13.2 Å². The molecule has 0 aliphatic rings. The molecule has 6 heteroatoms. The molecular formula is C4H11NaO4P+. The summed E-state index contributed by atoms with van der Waals surface area (Å²) in [7, 11) is -1.83. The molecule has 0 aliphatic heterocycles. The van der Waals surface area contributed by atoms with Crippen molar-refractivity contribution < 1.29 is 48.6 Å². The van der Waals surface area contributed by atoms with Crippen molar-refractivity contribution in [3.8, 4) is 0 Å². The van der Waals surface area contributed by atoms with Crippen molar-refractivity contribution in [1.29, 1.82) is 0 Å². The molecule has 0 aromatic heterocycles. The fourth-order valence-corrected chi connectivity index (χ4v) is 0.744. The quantitative estimate of drug-likeness (QED) is 0.389. The summed E-state index contributed by atoms with van der Waals surface area (Å²) in [6, 6.07) is 0. The molecule has 0 rings (SSSR count). The smallest absolute Gasteiger partial charge is 0.870 e. The van der Waals surface area contributed by atoms with Crippen LogP contribution in [0.15, 0.2) is 0 Å². The molecule has 0 aromatic rings. The normalized spacial score (nSPS) is 7.40. The Kier molecular flexibility index (Phi) is 21.7. The summed E-state index contributed by atoms with van der Waals surface area (Å²) >= 11 is 0. The summed E-state index contributed by atoms with van der Waals surface area (Å²) < 4.78 is 19.5. The van der Waals surface area contributed by atoms with Crippen LogP contribution in [-0.2, 0) is 13.6 Å². The van der Waals surface area contributed by atoms with E-state index in [1.165, 1.54) is 0 Å². The maximum atomic E-state index is 10.3. The number of hydrogen-bond donors (Lipinski definition) is 0. The van der Waals surface area contributed by atoms with Crippen LogP contribution in [0, 0.1) is 0 Å². The molecule has 4 nitrogen and oxygen atoms in total. The van der Waals surface area contributed by atoms with Crippen LogP contribution in [0.1, 0.15) is 13.8 Å². The van der Waals surface area contributed by atoms with Crippen LogP contribution < -0.4 is 29.6 Å². The average Bonchev–Trinajstić information content (AvgIpc) is 1.68. The van der Waals surface area contributed by atoms with Crippen molar-refractivity contribution in [3.05, 3.63) is 0 Å². The van der Waals surface area contributed by atoms with Crippen molar-refractivity contribution in [1.82, 2.24) is 0 Å². The summed E-state index contributed by atoms with van der Waals surface area (Å²) in [6.07, 6.45) is 0. The monoisotopic (exact) mass is 177 g/mol. The van der Waals surface area contributed by atoms with E-state index in [4.69, 9.17) is 0 Å². The van der Waals surface area contributed by atoms with Crippen molar-refractivity contribution in [3.63, 3.8) is 0 Å². The van der Waals surface area contributed by atoms with E-state index in [9.17, 15) is 4.57 Å². The summed E-state index contributed by atoms with van der Waals surface area (Å²) in [4.78, 5) is 0. The second-order valence-electron chi connectivity index (χ2n) is 1.06. The Labute approximate surface area is 83.8 Å². The second-order valence-corrected chi connectivity index (χ2v) is 2.02. The molecule has 0 fully saturated rings. The van der Waals surface area contributed by atoms with Gasteiger partial charge in [-0.05, 0) is 13.8 Å². The minimum Gasteiger partial charge on any atom is -0.870 e. The number of hydrogen-bond acceptors (Lipinski definition) is 4. The van der Waals surface area contributed by atoms with E-state index >= 15 is 0 Å². The van der Waals surface area contributed by atoms with Gasteiger partial charge in [0.2, 0.25) is 0 Å². The topological polar surface area (TPSA) is 65.5 Å². The fraction of sp³-hybridized carbons (Fsp3) is 1.00. The Hall–Kier alpha value is 0.980. The van der Waals surface area contributed by atoms with E-state index in [-0.39, 0.29) is 35.0 Å². The largest absolute Gasteiger partial charge is 1.00 e. The van der Waals surface area contributed by atoms with Crippen LogP contribution in [0.2, 0.25) is 0 Å². The van der Waals surface area contributed by atoms with Gasteiger partial charge in [0.05, 0.1) is 0 Å². The molecule has 0 saturated carbocycles. The van der Waals surface area contributed by atoms with Gasteiger partial charge in [-0.15, -0.1) is 9.05 Å². The molecule has 1 N–H and O–H groups in total.